The Kier molecular flexibility index (Phi) is 4.48. The van der Waals surface area contributed by atoms with Crippen LogP contribution in [-0.4, -0.2) is 6.29 Å². The second kappa shape index (κ2) is 5.79. The average Bonchev–Trinajstić information content (AvgIpc) is 2.02. The molecule has 1 aliphatic carbocycles. The number of carbonyl (C=O) groups is 1. The summed E-state index contributed by atoms with van der Waals surface area (Å²) >= 11 is 0. The number of rotatable bonds is 1. The quantitative estimate of drug-likeness (QED) is 0.331. The van der Waals surface area contributed by atoms with Gasteiger partial charge in [-0.05, 0) is 31.3 Å². The van der Waals surface area contributed by atoms with Gasteiger partial charge in [0.1, 0.15) is 0 Å². The van der Waals surface area contributed by atoms with Crippen molar-refractivity contribution in [3.05, 3.63) is 17.4 Å². The van der Waals surface area contributed by atoms with Gasteiger partial charge in [0.2, 0.25) is 0 Å². The van der Waals surface area contributed by atoms with Crippen molar-refractivity contribution < 1.29 is 4.79 Å². The van der Waals surface area contributed by atoms with Gasteiger partial charge in [0.25, 0.3) is 0 Å². The van der Waals surface area contributed by atoms with Gasteiger partial charge in [-0.15, -0.1) is 5.73 Å². The van der Waals surface area contributed by atoms with Crippen LogP contribution in [0.4, 0.5) is 0 Å². The monoisotopic (exact) mass is 164 g/mol. The fourth-order valence-corrected chi connectivity index (χ4v) is 1.63. The van der Waals surface area contributed by atoms with Crippen LogP contribution in [0.1, 0.15) is 44.9 Å². The van der Waals surface area contributed by atoms with E-state index < -0.39 is 0 Å². The molecule has 1 fully saturated rings. The predicted molar refractivity (Wildman–Crippen MR) is 50.0 cm³/mol. The van der Waals surface area contributed by atoms with Crippen molar-refractivity contribution in [2.75, 3.05) is 0 Å². The topological polar surface area (TPSA) is 17.1 Å². The van der Waals surface area contributed by atoms with Crippen molar-refractivity contribution in [2.45, 2.75) is 44.9 Å². The fourth-order valence-electron chi connectivity index (χ4n) is 1.63. The number of hydrogen-bond acceptors (Lipinski definition) is 1. The van der Waals surface area contributed by atoms with E-state index in [-0.39, 0.29) is 0 Å². The van der Waals surface area contributed by atoms with Crippen LogP contribution in [0.25, 0.3) is 0 Å². The third-order valence-electron chi connectivity index (χ3n) is 2.31. The highest BCUT2D eigenvalue weighted by Gasteiger charge is 2.01. The van der Waals surface area contributed by atoms with Gasteiger partial charge in [-0.1, -0.05) is 19.3 Å². The number of aldehydes is 1. The maximum Gasteiger partial charge on any atom is 0.150 e. The molecule has 0 spiro atoms. The summed E-state index contributed by atoms with van der Waals surface area (Å²) in [6, 6.07) is 0. The summed E-state index contributed by atoms with van der Waals surface area (Å²) in [4.78, 5) is 10.1. The van der Waals surface area contributed by atoms with E-state index in [1.54, 1.807) is 0 Å². The van der Waals surface area contributed by atoms with E-state index in [2.05, 4.69) is 5.73 Å². The number of carbonyl (C=O) groups excluding carboxylic acids is 1. The largest absolute Gasteiger partial charge is 0.298 e. The van der Waals surface area contributed by atoms with Gasteiger partial charge in [0.15, 0.2) is 6.29 Å². The normalized spacial score (nSPS) is 18.8. The van der Waals surface area contributed by atoms with Gasteiger partial charge in [-0.2, -0.15) is 0 Å². The van der Waals surface area contributed by atoms with Gasteiger partial charge in [-0.3, -0.25) is 4.79 Å². The molecule has 0 saturated heterocycles. The summed E-state index contributed by atoms with van der Waals surface area (Å²) in [5.41, 5.74) is 4.40. The first kappa shape index (κ1) is 9.28. The smallest absolute Gasteiger partial charge is 0.150 e. The van der Waals surface area contributed by atoms with Crippen LogP contribution in [-0.2, 0) is 4.79 Å². The first-order valence-corrected chi connectivity index (χ1v) is 4.81. The molecule has 0 heterocycles. The SMILES string of the molecule is O=CC=C=C1CCCCCCC1. The summed E-state index contributed by atoms with van der Waals surface area (Å²) in [7, 11) is 0. The Balaban J connectivity index is 2.49. The Bertz CT molecular complexity index is 187. The van der Waals surface area contributed by atoms with Crippen LogP contribution >= 0.6 is 0 Å². The molecule has 0 aromatic carbocycles. The van der Waals surface area contributed by atoms with Crippen LogP contribution in [0, 0.1) is 0 Å². The van der Waals surface area contributed by atoms with Crippen molar-refractivity contribution in [3.63, 3.8) is 0 Å². The van der Waals surface area contributed by atoms with E-state index in [9.17, 15) is 4.79 Å². The lowest BCUT2D eigenvalue weighted by Gasteiger charge is -2.08. The molecule has 0 atom stereocenters. The molecule has 0 aliphatic heterocycles. The third-order valence-corrected chi connectivity index (χ3v) is 2.31. The molecule has 0 unspecified atom stereocenters. The van der Waals surface area contributed by atoms with Crippen molar-refractivity contribution in [2.24, 2.45) is 0 Å². The minimum atomic E-state index is 0.811. The maximum absolute atomic E-state index is 10.1. The first-order valence-electron chi connectivity index (χ1n) is 4.81. The van der Waals surface area contributed by atoms with E-state index in [0.29, 0.717) is 0 Å². The molecular weight excluding hydrogens is 148 g/mol. The number of hydrogen-bond donors (Lipinski definition) is 0. The lowest BCUT2D eigenvalue weighted by atomic mass is 9.97. The summed E-state index contributed by atoms with van der Waals surface area (Å²) < 4.78 is 0. The standard InChI is InChI=1S/C11H16O/c12-10-6-9-11-7-4-2-1-3-5-8-11/h6,10H,1-5,7-8H2. The molecule has 0 N–H and O–H groups in total. The Morgan fingerprint density at radius 2 is 1.58 bits per heavy atom. The Morgan fingerprint density at radius 1 is 1.00 bits per heavy atom. The average molecular weight is 164 g/mol. The molecule has 12 heavy (non-hydrogen) atoms. The molecule has 1 rings (SSSR count). The molecule has 0 radical (unpaired) electrons. The molecule has 0 aromatic rings. The zero-order valence-electron chi connectivity index (χ0n) is 7.51. The van der Waals surface area contributed by atoms with Crippen molar-refractivity contribution in [1.82, 2.24) is 0 Å². The molecule has 0 amide bonds. The van der Waals surface area contributed by atoms with Crippen molar-refractivity contribution >= 4 is 6.29 Å². The summed E-state index contributed by atoms with van der Waals surface area (Å²) in [5.74, 6) is 0. The molecule has 1 heteroatoms. The summed E-state index contributed by atoms with van der Waals surface area (Å²) in [5, 5.41) is 0. The van der Waals surface area contributed by atoms with Crippen LogP contribution in [0.2, 0.25) is 0 Å². The molecule has 66 valence electrons. The van der Waals surface area contributed by atoms with Crippen LogP contribution in [0.5, 0.6) is 0 Å². The van der Waals surface area contributed by atoms with Crippen molar-refractivity contribution in [1.29, 1.82) is 0 Å². The first-order chi connectivity index (χ1) is 5.93. The summed E-state index contributed by atoms with van der Waals surface area (Å²) in [6.45, 7) is 0. The fraction of sp³-hybridized carbons (Fsp3) is 0.636. The van der Waals surface area contributed by atoms with E-state index in [4.69, 9.17) is 0 Å². The minimum absolute atomic E-state index is 0.811. The third kappa shape index (κ3) is 3.54. The second-order valence-corrected chi connectivity index (χ2v) is 3.32. The second-order valence-electron chi connectivity index (χ2n) is 3.32. The molecule has 1 aliphatic rings. The van der Waals surface area contributed by atoms with E-state index in [0.717, 1.165) is 19.1 Å². The molecular formula is C11H16O. The highest BCUT2D eigenvalue weighted by molar-refractivity contribution is 5.64. The lowest BCUT2D eigenvalue weighted by Crippen LogP contribution is -1.90. The summed E-state index contributed by atoms with van der Waals surface area (Å²) in [6.07, 6.45) is 11.2. The molecule has 1 nitrogen and oxygen atoms in total. The number of allylic oxidation sites excluding steroid dienone is 1. The molecule has 1 saturated carbocycles. The zero-order valence-corrected chi connectivity index (χ0v) is 7.51. The Hall–Kier alpha value is -0.810. The lowest BCUT2D eigenvalue weighted by molar-refractivity contribution is -0.104. The Labute approximate surface area is 74.2 Å². The van der Waals surface area contributed by atoms with Crippen LogP contribution in [0.3, 0.4) is 0 Å². The minimum Gasteiger partial charge on any atom is -0.298 e. The molecule has 0 aromatic heterocycles. The Morgan fingerprint density at radius 3 is 2.17 bits per heavy atom. The highest BCUT2D eigenvalue weighted by Crippen LogP contribution is 2.20. The zero-order chi connectivity index (χ0) is 8.65. The van der Waals surface area contributed by atoms with E-state index >= 15 is 0 Å². The van der Waals surface area contributed by atoms with Crippen molar-refractivity contribution in [3.8, 4) is 0 Å². The van der Waals surface area contributed by atoms with E-state index in [1.807, 2.05) is 0 Å². The van der Waals surface area contributed by atoms with Crippen LogP contribution < -0.4 is 0 Å². The predicted octanol–water partition coefficient (Wildman–Crippen LogP) is 3.01. The van der Waals surface area contributed by atoms with Gasteiger partial charge in [0, 0.05) is 6.08 Å². The van der Waals surface area contributed by atoms with Gasteiger partial charge in [0.05, 0.1) is 0 Å². The van der Waals surface area contributed by atoms with Gasteiger partial charge >= 0.3 is 0 Å². The van der Waals surface area contributed by atoms with Gasteiger partial charge in [-0.25, -0.2) is 0 Å². The van der Waals surface area contributed by atoms with Gasteiger partial charge < -0.3 is 0 Å². The van der Waals surface area contributed by atoms with E-state index in [1.165, 1.54) is 43.8 Å². The molecule has 0 bridgehead atoms. The highest BCUT2D eigenvalue weighted by atomic mass is 16.1. The maximum atomic E-state index is 10.1. The van der Waals surface area contributed by atoms with Crippen LogP contribution in [0.15, 0.2) is 17.4 Å².